The third-order valence-electron chi connectivity index (χ3n) is 2.25. The first kappa shape index (κ1) is 10.4. The summed E-state index contributed by atoms with van der Waals surface area (Å²) in [6.07, 6.45) is 1.36. The van der Waals surface area contributed by atoms with Crippen LogP contribution in [0.2, 0.25) is 0 Å². The number of rotatable bonds is 2. The Morgan fingerprint density at radius 3 is 2.89 bits per heavy atom. The minimum absolute atomic E-state index is 0.373. The minimum Gasteiger partial charge on any atom is -0.420 e. The first-order chi connectivity index (χ1) is 8.72. The van der Waals surface area contributed by atoms with Gasteiger partial charge in [-0.25, -0.2) is 0 Å². The van der Waals surface area contributed by atoms with Gasteiger partial charge in [0.1, 0.15) is 12.2 Å². The predicted molar refractivity (Wildman–Crippen MR) is 62.9 cm³/mol. The highest BCUT2D eigenvalue weighted by atomic mass is 16.4. The van der Waals surface area contributed by atoms with Crippen LogP contribution >= 0.6 is 0 Å². The lowest BCUT2D eigenvalue weighted by molar-refractivity contribution is 0.529. The molecule has 3 rings (SSSR count). The SMILES string of the molecule is Cc1nnc(-c2cc(NC3=NN=C[N]3)n(C)n2)o1. The van der Waals surface area contributed by atoms with Crippen molar-refractivity contribution in [2.75, 3.05) is 5.32 Å². The fraction of sp³-hybridized carbons (Fsp3) is 0.222. The molecule has 9 nitrogen and oxygen atoms in total. The lowest BCUT2D eigenvalue weighted by Gasteiger charge is -2.02. The fourth-order valence-corrected chi connectivity index (χ4v) is 1.45. The van der Waals surface area contributed by atoms with E-state index in [1.165, 1.54) is 6.34 Å². The second kappa shape index (κ2) is 3.95. The van der Waals surface area contributed by atoms with Gasteiger partial charge in [0.25, 0.3) is 5.89 Å². The molecule has 91 valence electrons. The summed E-state index contributed by atoms with van der Waals surface area (Å²) in [6.45, 7) is 1.72. The molecular formula is C9H9N8O. The summed E-state index contributed by atoms with van der Waals surface area (Å²) >= 11 is 0. The topological polar surface area (TPSA) is 108 Å². The van der Waals surface area contributed by atoms with E-state index in [0.717, 1.165) is 0 Å². The van der Waals surface area contributed by atoms with Crippen molar-refractivity contribution in [1.29, 1.82) is 0 Å². The van der Waals surface area contributed by atoms with E-state index in [4.69, 9.17) is 4.42 Å². The largest absolute Gasteiger partial charge is 0.420 e. The molecule has 1 N–H and O–H groups in total. The highest BCUT2D eigenvalue weighted by molar-refractivity contribution is 6.01. The summed E-state index contributed by atoms with van der Waals surface area (Å²) in [5.41, 5.74) is 0.583. The molecule has 1 aliphatic rings. The van der Waals surface area contributed by atoms with Gasteiger partial charge in [-0.15, -0.1) is 20.4 Å². The molecule has 9 heteroatoms. The van der Waals surface area contributed by atoms with Gasteiger partial charge < -0.3 is 9.73 Å². The van der Waals surface area contributed by atoms with Gasteiger partial charge in [-0.3, -0.25) is 4.68 Å². The molecule has 1 aliphatic heterocycles. The Bertz CT molecular complexity index is 637. The van der Waals surface area contributed by atoms with E-state index in [1.54, 1.807) is 24.7 Å². The van der Waals surface area contributed by atoms with Crippen LogP contribution in [0.4, 0.5) is 5.82 Å². The maximum atomic E-state index is 5.30. The van der Waals surface area contributed by atoms with Crippen LogP contribution in [0.5, 0.6) is 0 Å². The quantitative estimate of drug-likeness (QED) is 0.807. The summed E-state index contributed by atoms with van der Waals surface area (Å²) in [5.74, 6) is 1.98. The van der Waals surface area contributed by atoms with Crippen molar-refractivity contribution in [2.24, 2.45) is 17.3 Å². The number of nitrogens with zero attached hydrogens (tertiary/aromatic N) is 7. The Hall–Kier alpha value is -2.71. The minimum atomic E-state index is 0.373. The Labute approximate surface area is 102 Å². The Morgan fingerprint density at radius 1 is 1.33 bits per heavy atom. The summed E-state index contributed by atoms with van der Waals surface area (Å²) in [6, 6.07) is 1.77. The molecule has 2 aromatic heterocycles. The fourth-order valence-electron chi connectivity index (χ4n) is 1.45. The molecule has 0 bridgehead atoms. The third-order valence-corrected chi connectivity index (χ3v) is 2.25. The lowest BCUT2D eigenvalue weighted by atomic mass is 10.4. The number of guanidine groups is 1. The van der Waals surface area contributed by atoms with Crippen molar-refractivity contribution < 1.29 is 4.42 Å². The molecule has 0 aliphatic carbocycles. The lowest BCUT2D eigenvalue weighted by Crippen LogP contribution is -2.21. The van der Waals surface area contributed by atoms with Crippen LogP contribution < -0.4 is 10.6 Å². The van der Waals surface area contributed by atoms with E-state index in [2.05, 4.69) is 36.1 Å². The van der Waals surface area contributed by atoms with Crippen LogP contribution in [0, 0.1) is 6.92 Å². The van der Waals surface area contributed by atoms with Crippen molar-refractivity contribution >= 4 is 18.1 Å². The molecular weight excluding hydrogens is 236 g/mol. The van der Waals surface area contributed by atoms with Crippen molar-refractivity contribution in [3.05, 3.63) is 12.0 Å². The zero-order chi connectivity index (χ0) is 12.5. The van der Waals surface area contributed by atoms with E-state index >= 15 is 0 Å². The molecule has 0 spiro atoms. The van der Waals surface area contributed by atoms with Crippen LogP contribution in [-0.4, -0.2) is 32.3 Å². The van der Waals surface area contributed by atoms with E-state index in [1.807, 2.05) is 0 Å². The molecule has 0 fully saturated rings. The maximum absolute atomic E-state index is 5.30. The molecule has 0 amide bonds. The van der Waals surface area contributed by atoms with Gasteiger partial charge in [-0.2, -0.15) is 10.4 Å². The summed E-state index contributed by atoms with van der Waals surface area (Å²) in [7, 11) is 1.78. The zero-order valence-electron chi connectivity index (χ0n) is 9.69. The van der Waals surface area contributed by atoms with Crippen LogP contribution in [0.15, 0.2) is 20.7 Å². The molecule has 0 saturated carbocycles. The molecule has 0 aromatic carbocycles. The number of anilines is 1. The molecule has 1 radical (unpaired) electrons. The zero-order valence-corrected chi connectivity index (χ0v) is 9.69. The first-order valence-corrected chi connectivity index (χ1v) is 5.14. The second-order valence-electron chi connectivity index (χ2n) is 3.57. The molecule has 0 saturated heterocycles. The van der Waals surface area contributed by atoms with Gasteiger partial charge in [0.15, 0.2) is 5.69 Å². The Kier molecular flexibility index (Phi) is 2.29. The number of hydrogen-bond acceptors (Lipinski definition) is 7. The molecule has 3 heterocycles. The van der Waals surface area contributed by atoms with Gasteiger partial charge in [0.05, 0.1) is 0 Å². The van der Waals surface area contributed by atoms with Crippen molar-refractivity contribution in [2.45, 2.75) is 6.92 Å². The smallest absolute Gasteiger partial charge is 0.268 e. The number of nitrogens with one attached hydrogen (secondary N) is 1. The summed E-state index contributed by atoms with van der Waals surface area (Å²) in [4.78, 5) is 0. The average molecular weight is 245 g/mol. The van der Waals surface area contributed by atoms with Crippen LogP contribution in [0.25, 0.3) is 11.6 Å². The monoisotopic (exact) mass is 245 g/mol. The normalized spacial score (nSPS) is 13.6. The first-order valence-electron chi connectivity index (χ1n) is 5.14. The molecule has 2 aromatic rings. The second-order valence-corrected chi connectivity index (χ2v) is 3.57. The van der Waals surface area contributed by atoms with Crippen LogP contribution in [-0.2, 0) is 7.05 Å². The molecule has 0 atom stereocenters. The number of aryl methyl sites for hydroxylation is 2. The Balaban J connectivity index is 1.86. The summed E-state index contributed by atoms with van der Waals surface area (Å²) < 4.78 is 6.93. The van der Waals surface area contributed by atoms with E-state index in [-0.39, 0.29) is 0 Å². The van der Waals surface area contributed by atoms with Crippen molar-refractivity contribution in [3.8, 4) is 11.6 Å². The van der Waals surface area contributed by atoms with Crippen LogP contribution in [0.1, 0.15) is 5.89 Å². The molecule has 18 heavy (non-hydrogen) atoms. The number of hydrogen-bond donors (Lipinski definition) is 1. The predicted octanol–water partition coefficient (Wildman–Crippen LogP) is 0.108. The van der Waals surface area contributed by atoms with E-state index in [0.29, 0.717) is 29.3 Å². The van der Waals surface area contributed by atoms with Gasteiger partial charge in [0, 0.05) is 20.0 Å². The average Bonchev–Trinajstić information content (AvgIpc) is 3.03. The van der Waals surface area contributed by atoms with Gasteiger partial charge in [-0.1, -0.05) is 0 Å². The third kappa shape index (κ3) is 1.81. The van der Waals surface area contributed by atoms with Crippen molar-refractivity contribution in [1.82, 2.24) is 25.3 Å². The highest BCUT2D eigenvalue weighted by Gasteiger charge is 2.14. The summed E-state index contributed by atoms with van der Waals surface area (Å²) in [5, 5.41) is 26.2. The van der Waals surface area contributed by atoms with Crippen molar-refractivity contribution in [3.63, 3.8) is 0 Å². The van der Waals surface area contributed by atoms with Crippen LogP contribution in [0.3, 0.4) is 0 Å². The Morgan fingerprint density at radius 2 is 2.22 bits per heavy atom. The highest BCUT2D eigenvalue weighted by Crippen LogP contribution is 2.19. The van der Waals surface area contributed by atoms with Gasteiger partial charge in [0.2, 0.25) is 11.9 Å². The van der Waals surface area contributed by atoms with E-state index in [9.17, 15) is 0 Å². The maximum Gasteiger partial charge on any atom is 0.268 e. The van der Waals surface area contributed by atoms with Gasteiger partial charge in [-0.05, 0) is 0 Å². The number of aromatic nitrogens is 4. The molecule has 0 unspecified atom stereocenters. The standard InChI is InChI=1S/C9H9N8O/c1-5-13-14-8(18-5)6-3-7(17(2)16-6)12-9-10-4-11-15-9/h3-4H,1-2H3,(H,12,15). The van der Waals surface area contributed by atoms with Gasteiger partial charge >= 0.3 is 0 Å². The van der Waals surface area contributed by atoms with E-state index < -0.39 is 0 Å².